The van der Waals surface area contributed by atoms with Gasteiger partial charge in [0, 0.05) is 16.6 Å². The Hall–Kier alpha value is -1.48. The highest BCUT2D eigenvalue weighted by Crippen LogP contribution is 2.40. The molecule has 0 radical (unpaired) electrons. The lowest BCUT2D eigenvalue weighted by molar-refractivity contribution is 0.363. The van der Waals surface area contributed by atoms with E-state index in [4.69, 9.17) is 0 Å². The van der Waals surface area contributed by atoms with Gasteiger partial charge in [-0.3, -0.25) is 0 Å². The lowest BCUT2D eigenvalue weighted by atomic mass is 9.75. The molecule has 1 aliphatic carbocycles. The summed E-state index contributed by atoms with van der Waals surface area (Å²) >= 11 is 1.86. The molecule has 0 aromatic heterocycles. The highest BCUT2D eigenvalue weighted by Gasteiger charge is 2.32. The molecule has 0 unspecified atom stereocenters. The van der Waals surface area contributed by atoms with Gasteiger partial charge in [0.25, 0.3) is 0 Å². The van der Waals surface area contributed by atoms with E-state index in [2.05, 4.69) is 36.5 Å². The SMILES string of the molecule is CCSc1ccccc1NC1CC(c2ccccc2F)C1. The molecule has 1 nitrogen and oxygen atoms in total. The topological polar surface area (TPSA) is 12.0 Å². The van der Waals surface area contributed by atoms with E-state index in [1.165, 1.54) is 10.6 Å². The van der Waals surface area contributed by atoms with Crippen LogP contribution in [-0.4, -0.2) is 11.8 Å². The van der Waals surface area contributed by atoms with E-state index in [1.807, 2.05) is 23.9 Å². The number of hydrogen-bond donors (Lipinski definition) is 1. The first-order valence-electron chi connectivity index (χ1n) is 7.50. The van der Waals surface area contributed by atoms with Crippen LogP contribution in [0.1, 0.15) is 31.2 Å². The predicted octanol–water partition coefficient (Wildman–Crippen LogP) is 5.30. The summed E-state index contributed by atoms with van der Waals surface area (Å²) in [4.78, 5) is 1.30. The summed E-state index contributed by atoms with van der Waals surface area (Å²) in [6, 6.07) is 16.0. The van der Waals surface area contributed by atoms with Crippen molar-refractivity contribution >= 4 is 17.4 Å². The first kappa shape index (κ1) is 14.5. The number of thioether (sulfide) groups is 1. The van der Waals surface area contributed by atoms with Crippen molar-refractivity contribution in [1.82, 2.24) is 0 Å². The molecule has 1 saturated carbocycles. The number of anilines is 1. The summed E-state index contributed by atoms with van der Waals surface area (Å²) in [6.45, 7) is 2.17. The molecule has 2 aromatic rings. The van der Waals surface area contributed by atoms with Crippen LogP contribution in [0.2, 0.25) is 0 Å². The van der Waals surface area contributed by atoms with Crippen LogP contribution < -0.4 is 5.32 Å². The molecular weight excluding hydrogens is 281 g/mol. The second kappa shape index (κ2) is 6.52. The number of benzene rings is 2. The zero-order valence-electron chi connectivity index (χ0n) is 12.2. The molecule has 0 bridgehead atoms. The standard InChI is InChI=1S/C18H20FNS/c1-2-21-18-10-6-5-9-17(18)20-14-11-13(12-14)15-7-3-4-8-16(15)19/h3-10,13-14,20H,2,11-12H2,1H3. The number of halogens is 1. The van der Waals surface area contributed by atoms with Crippen molar-refractivity contribution in [3.8, 4) is 0 Å². The van der Waals surface area contributed by atoms with Crippen LogP contribution in [0.15, 0.2) is 53.4 Å². The minimum Gasteiger partial charge on any atom is -0.381 e. The number of hydrogen-bond acceptors (Lipinski definition) is 2. The Balaban J connectivity index is 1.62. The number of rotatable bonds is 5. The van der Waals surface area contributed by atoms with Crippen LogP contribution in [0.5, 0.6) is 0 Å². The lowest BCUT2D eigenvalue weighted by Gasteiger charge is -2.37. The summed E-state index contributed by atoms with van der Waals surface area (Å²) in [5.41, 5.74) is 2.08. The minimum absolute atomic E-state index is 0.0668. The van der Waals surface area contributed by atoms with Gasteiger partial charge in [-0.15, -0.1) is 11.8 Å². The molecule has 110 valence electrons. The smallest absolute Gasteiger partial charge is 0.126 e. The Labute approximate surface area is 130 Å². The van der Waals surface area contributed by atoms with Gasteiger partial charge in [0.1, 0.15) is 5.82 Å². The first-order chi connectivity index (χ1) is 10.3. The number of para-hydroxylation sites is 1. The van der Waals surface area contributed by atoms with E-state index >= 15 is 0 Å². The predicted molar refractivity (Wildman–Crippen MR) is 88.6 cm³/mol. The second-order valence-electron chi connectivity index (χ2n) is 5.46. The molecule has 0 amide bonds. The van der Waals surface area contributed by atoms with Gasteiger partial charge in [-0.05, 0) is 48.3 Å². The summed E-state index contributed by atoms with van der Waals surface area (Å²) in [7, 11) is 0. The van der Waals surface area contributed by atoms with Crippen molar-refractivity contribution in [3.05, 3.63) is 59.9 Å². The van der Waals surface area contributed by atoms with Gasteiger partial charge in [0.2, 0.25) is 0 Å². The van der Waals surface area contributed by atoms with E-state index < -0.39 is 0 Å². The van der Waals surface area contributed by atoms with Crippen molar-refractivity contribution < 1.29 is 4.39 Å². The Morgan fingerprint density at radius 3 is 2.57 bits per heavy atom. The van der Waals surface area contributed by atoms with Crippen LogP contribution in [0, 0.1) is 5.82 Å². The molecule has 1 N–H and O–H groups in total. The summed E-state index contributed by atoms with van der Waals surface area (Å²) in [6.07, 6.45) is 2.01. The molecule has 3 rings (SSSR count). The zero-order valence-corrected chi connectivity index (χ0v) is 13.0. The Morgan fingerprint density at radius 2 is 1.81 bits per heavy atom. The molecular formula is C18H20FNS. The highest BCUT2D eigenvalue weighted by atomic mass is 32.2. The monoisotopic (exact) mass is 301 g/mol. The summed E-state index contributed by atoms with van der Waals surface area (Å²) in [5.74, 6) is 1.36. The molecule has 0 atom stereocenters. The normalized spacial score (nSPS) is 20.9. The summed E-state index contributed by atoms with van der Waals surface area (Å²) in [5, 5.41) is 3.61. The third-order valence-electron chi connectivity index (χ3n) is 4.03. The molecule has 3 heteroatoms. The maximum absolute atomic E-state index is 13.8. The Morgan fingerprint density at radius 1 is 1.10 bits per heavy atom. The van der Waals surface area contributed by atoms with Gasteiger partial charge < -0.3 is 5.32 Å². The molecule has 0 saturated heterocycles. The van der Waals surface area contributed by atoms with Gasteiger partial charge in [0.15, 0.2) is 0 Å². The Bertz CT molecular complexity index is 608. The van der Waals surface area contributed by atoms with Crippen molar-refractivity contribution in [2.24, 2.45) is 0 Å². The Kier molecular flexibility index (Phi) is 4.49. The second-order valence-corrected chi connectivity index (χ2v) is 6.77. The minimum atomic E-state index is -0.0668. The maximum atomic E-state index is 13.8. The van der Waals surface area contributed by atoms with Crippen molar-refractivity contribution in [3.63, 3.8) is 0 Å². The van der Waals surface area contributed by atoms with Crippen LogP contribution >= 0.6 is 11.8 Å². The largest absolute Gasteiger partial charge is 0.381 e. The van der Waals surface area contributed by atoms with Crippen LogP contribution in [0.25, 0.3) is 0 Å². The fourth-order valence-electron chi connectivity index (χ4n) is 2.88. The molecule has 21 heavy (non-hydrogen) atoms. The fourth-order valence-corrected chi connectivity index (χ4v) is 3.65. The van der Waals surface area contributed by atoms with Gasteiger partial charge >= 0.3 is 0 Å². The van der Waals surface area contributed by atoms with Crippen LogP contribution in [-0.2, 0) is 0 Å². The first-order valence-corrected chi connectivity index (χ1v) is 8.49. The maximum Gasteiger partial charge on any atom is 0.126 e. The van der Waals surface area contributed by atoms with Crippen LogP contribution in [0.4, 0.5) is 10.1 Å². The van der Waals surface area contributed by atoms with Gasteiger partial charge in [-0.2, -0.15) is 0 Å². The summed E-state index contributed by atoms with van der Waals surface area (Å²) < 4.78 is 13.8. The van der Waals surface area contributed by atoms with E-state index in [1.54, 1.807) is 12.1 Å². The van der Waals surface area contributed by atoms with E-state index in [9.17, 15) is 4.39 Å². The average molecular weight is 301 g/mol. The fraction of sp³-hybridized carbons (Fsp3) is 0.333. The molecule has 0 heterocycles. The number of nitrogens with one attached hydrogen (secondary N) is 1. The van der Waals surface area contributed by atoms with Gasteiger partial charge in [0.05, 0.1) is 0 Å². The third kappa shape index (κ3) is 3.24. The van der Waals surface area contributed by atoms with Crippen molar-refractivity contribution in [1.29, 1.82) is 0 Å². The third-order valence-corrected chi connectivity index (χ3v) is 4.99. The highest BCUT2D eigenvalue weighted by molar-refractivity contribution is 7.99. The van der Waals surface area contributed by atoms with E-state index in [-0.39, 0.29) is 5.82 Å². The molecule has 0 aliphatic heterocycles. The quantitative estimate of drug-likeness (QED) is 0.752. The van der Waals surface area contributed by atoms with Gasteiger partial charge in [-0.1, -0.05) is 37.3 Å². The van der Waals surface area contributed by atoms with E-state index in [0.29, 0.717) is 12.0 Å². The zero-order chi connectivity index (χ0) is 14.7. The van der Waals surface area contributed by atoms with Crippen molar-refractivity contribution in [2.45, 2.75) is 36.6 Å². The van der Waals surface area contributed by atoms with Crippen LogP contribution in [0.3, 0.4) is 0 Å². The van der Waals surface area contributed by atoms with Gasteiger partial charge in [-0.25, -0.2) is 4.39 Å². The molecule has 1 fully saturated rings. The molecule has 1 aliphatic rings. The molecule has 2 aromatic carbocycles. The van der Waals surface area contributed by atoms with Crippen molar-refractivity contribution in [2.75, 3.05) is 11.1 Å². The molecule has 0 spiro atoms. The van der Waals surface area contributed by atoms with E-state index in [0.717, 1.165) is 24.2 Å². The average Bonchev–Trinajstić information content (AvgIpc) is 2.45. The lowest BCUT2D eigenvalue weighted by Crippen LogP contribution is -2.34.